The van der Waals surface area contributed by atoms with Gasteiger partial charge in [-0.3, -0.25) is 9.59 Å². The molecule has 1 amide bonds. The molecule has 0 aliphatic carbocycles. The van der Waals surface area contributed by atoms with E-state index in [-0.39, 0.29) is 18.0 Å². The molecule has 0 atom stereocenters. The SMILES string of the molecule is O=C(Cn1ncc2ccccc2c1=O)NCCn1ccc2ccc(Br)cc21. The highest BCUT2D eigenvalue weighted by Gasteiger charge is 2.08. The fourth-order valence-electron chi connectivity index (χ4n) is 3.10. The number of hydrogen-bond acceptors (Lipinski definition) is 3. The summed E-state index contributed by atoms with van der Waals surface area (Å²) in [5.74, 6) is -0.238. The number of rotatable bonds is 5. The van der Waals surface area contributed by atoms with E-state index in [2.05, 4.69) is 37.0 Å². The van der Waals surface area contributed by atoms with Crippen molar-refractivity contribution in [2.45, 2.75) is 13.1 Å². The standard InChI is InChI=1S/C20H17BrN4O2/c21-16-6-5-14-7-9-24(18(14)11-16)10-8-22-19(26)13-25-20(27)17-4-2-1-3-15(17)12-23-25/h1-7,9,11-12H,8,10,13H2,(H,22,26). The van der Waals surface area contributed by atoms with Gasteiger partial charge in [0.25, 0.3) is 5.56 Å². The molecule has 0 saturated heterocycles. The second-order valence-corrected chi connectivity index (χ2v) is 7.17. The smallest absolute Gasteiger partial charge is 0.275 e. The third-order valence-electron chi connectivity index (χ3n) is 4.47. The largest absolute Gasteiger partial charge is 0.353 e. The zero-order valence-electron chi connectivity index (χ0n) is 14.4. The van der Waals surface area contributed by atoms with Crippen molar-refractivity contribution >= 4 is 43.5 Å². The first-order chi connectivity index (χ1) is 13.1. The summed E-state index contributed by atoms with van der Waals surface area (Å²) >= 11 is 3.48. The van der Waals surface area contributed by atoms with Crippen LogP contribution in [0.25, 0.3) is 21.7 Å². The quantitative estimate of drug-likeness (QED) is 0.535. The maximum absolute atomic E-state index is 12.4. The van der Waals surface area contributed by atoms with Crippen LogP contribution in [0.3, 0.4) is 0 Å². The number of fused-ring (bicyclic) bond motifs is 2. The molecule has 27 heavy (non-hydrogen) atoms. The Morgan fingerprint density at radius 3 is 2.85 bits per heavy atom. The normalized spacial score (nSPS) is 11.1. The highest BCUT2D eigenvalue weighted by molar-refractivity contribution is 9.10. The molecule has 0 saturated carbocycles. The number of carbonyl (C=O) groups is 1. The van der Waals surface area contributed by atoms with E-state index in [1.54, 1.807) is 18.3 Å². The molecule has 0 aliphatic rings. The van der Waals surface area contributed by atoms with Gasteiger partial charge in [0.2, 0.25) is 5.91 Å². The third kappa shape index (κ3) is 3.64. The highest BCUT2D eigenvalue weighted by Crippen LogP contribution is 2.20. The molecule has 4 aromatic rings. The van der Waals surface area contributed by atoms with Crippen LogP contribution >= 0.6 is 15.9 Å². The Kier molecular flexibility index (Phi) is 4.77. The fraction of sp³-hybridized carbons (Fsp3) is 0.150. The highest BCUT2D eigenvalue weighted by atomic mass is 79.9. The first-order valence-electron chi connectivity index (χ1n) is 8.58. The first-order valence-corrected chi connectivity index (χ1v) is 9.37. The van der Waals surface area contributed by atoms with Gasteiger partial charge in [0.15, 0.2) is 0 Å². The van der Waals surface area contributed by atoms with Crippen molar-refractivity contribution in [1.82, 2.24) is 19.7 Å². The van der Waals surface area contributed by atoms with Crippen LogP contribution in [0.4, 0.5) is 0 Å². The van der Waals surface area contributed by atoms with Crippen molar-refractivity contribution in [3.63, 3.8) is 0 Å². The minimum atomic E-state index is -0.260. The van der Waals surface area contributed by atoms with Crippen LogP contribution in [0.1, 0.15) is 0 Å². The monoisotopic (exact) mass is 424 g/mol. The molecular weight excluding hydrogens is 408 g/mol. The van der Waals surface area contributed by atoms with E-state index in [0.717, 1.165) is 20.8 Å². The van der Waals surface area contributed by atoms with Gasteiger partial charge < -0.3 is 9.88 Å². The van der Waals surface area contributed by atoms with Gasteiger partial charge in [0.1, 0.15) is 6.54 Å². The molecule has 0 radical (unpaired) electrons. The van der Waals surface area contributed by atoms with Crippen molar-refractivity contribution in [1.29, 1.82) is 0 Å². The average molecular weight is 425 g/mol. The summed E-state index contributed by atoms with van der Waals surface area (Å²) in [6.45, 7) is 1.02. The van der Waals surface area contributed by atoms with Gasteiger partial charge in [-0.25, -0.2) is 4.68 Å². The topological polar surface area (TPSA) is 68.9 Å². The number of carbonyl (C=O) groups excluding carboxylic acids is 1. The second kappa shape index (κ2) is 7.36. The van der Waals surface area contributed by atoms with Crippen molar-refractivity contribution in [3.05, 3.63) is 75.8 Å². The maximum Gasteiger partial charge on any atom is 0.275 e. The van der Waals surface area contributed by atoms with Crippen LogP contribution in [0.2, 0.25) is 0 Å². The zero-order valence-corrected chi connectivity index (χ0v) is 16.0. The minimum absolute atomic E-state index is 0.0956. The van der Waals surface area contributed by atoms with Crippen LogP contribution in [-0.2, 0) is 17.9 Å². The molecular formula is C20H17BrN4O2. The molecule has 0 unspecified atom stereocenters. The summed E-state index contributed by atoms with van der Waals surface area (Å²) in [5.41, 5.74) is 0.843. The lowest BCUT2D eigenvalue weighted by Crippen LogP contribution is -2.35. The van der Waals surface area contributed by atoms with Gasteiger partial charge in [0, 0.05) is 34.7 Å². The summed E-state index contributed by atoms with van der Waals surface area (Å²) < 4.78 is 4.29. The lowest BCUT2D eigenvalue weighted by atomic mass is 10.2. The van der Waals surface area contributed by atoms with E-state index in [4.69, 9.17) is 0 Å². The molecule has 136 valence electrons. The number of hydrogen-bond donors (Lipinski definition) is 1. The van der Waals surface area contributed by atoms with E-state index in [0.29, 0.717) is 18.5 Å². The predicted octanol–water partition coefficient (Wildman–Crippen LogP) is 2.93. The average Bonchev–Trinajstić information content (AvgIpc) is 3.06. The number of aromatic nitrogens is 3. The Morgan fingerprint density at radius 2 is 1.96 bits per heavy atom. The lowest BCUT2D eigenvalue weighted by molar-refractivity contribution is -0.121. The van der Waals surface area contributed by atoms with Gasteiger partial charge in [0.05, 0.1) is 11.6 Å². The number of nitrogens with zero attached hydrogens (tertiary/aromatic N) is 3. The van der Waals surface area contributed by atoms with E-state index in [9.17, 15) is 9.59 Å². The molecule has 0 spiro atoms. The van der Waals surface area contributed by atoms with Crippen molar-refractivity contribution < 1.29 is 4.79 Å². The molecule has 6 nitrogen and oxygen atoms in total. The second-order valence-electron chi connectivity index (χ2n) is 6.26. The van der Waals surface area contributed by atoms with Gasteiger partial charge in [-0.15, -0.1) is 0 Å². The molecule has 4 rings (SSSR count). The molecule has 0 bridgehead atoms. The summed E-state index contributed by atoms with van der Waals surface area (Å²) in [6.07, 6.45) is 3.60. The number of benzene rings is 2. The van der Waals surface area contributed by atoms with Crippen molar-refractivity contribution in [3.8, 4) is 0 Å². The molecule has 2 heterocycles. The molecule has 0 fully saturated rings. The third-order valence-corrected chi connectivity index (χ3v) is 4.96. The van der Waals surface area contributed by atoms with Crippen LogP contribution in [0.5, 0.6) is 0 Å². The number of halogens is 1. The van der Waals surface area contributed by atoms with Gasteiger partial charge in [-0.05, 0) is 29.7 Å². The number of amides is 1. The Labute approximate surface area is 163 Å². The Bertz CT molecular complexity index is 1200. The number of nitrogens with one attached hydrogen (secondary N) is 1. The van der Waals surface area contributed by atoms with E-state index >= 15 is 0 Å². The summed E-state index contributed by atoms with van der Waals surface area (Å²) in [6, 6.07) is 15.4. The zero-order chi connectivity index (χ0) is 18.8. The predicted molar refractivity (Wildman–Crippen MR) is 109 cm³/mol. The van der Waals surface area contributed by atoms with Crippen LogP contribution < -0.4 is 10.9 Å². The van der Waals surface area contributed by atoms with E-state index in [1.807, 2.05) is 36.5 Å². The molecule has 0 aliphatic heterocycles. The summed E-state index contributed by atoms with van der Waals surface area (Å²) in [5, 5.41) is 9.42. The van der Waals surface area contributed by atoms with Gasteiger partial charge >= 0.3 is 0 Å². The molecule has 1 N–H and O–H groups in total. The lowest BCUT2D eigenvalue weighted by Gasteiger charge is -2.09. The molecule has 2 aromatic heterocycles. The Balaban J connectivity index is 1.40. The van der Waals surface area contributed by atoms with Crippen LogP contribution in [0.15, 0.2) is 70.2 Å². The van der Waals surface area contributed by atoms with E-state index < -0.39 is 0 Å². The Morgan fingerprint density at radius 1 is 1.11 bits per heavy atom. The maximum atomic E-state index is 12.4. The summed E-state index contributed by atoms with van der Waals surface area (Å²) in [7, 11) is 0. The molecule has 2 aromatic carbocycles. The van der Waals surface area contributed by atoms with Crippen LogP contribution in [0, 0.1) is 0 Å². The minimum Gasteiger partial charge on any atom is -0.353 e. The van der Waals surface area contributed by atoms with Crippen molar-refractivity contribution in [2.24, 2.45) is 0 Å². The van der Waals surface area contributed by atoms with Crippen LogP contribution in [-0.4, -0.2) is 26.8 Å². The van der Waals surface area contributed by atoms with Crippen molar-refractivity contribution in [2.75, 3.05) is 6.54 Å². The first kappa shape index (κ1) is 17.5. The van der Waals surface area contributed by atoms with E-state index in [1.165, 1.54) is 4.68 Å². The fourth-order valence-corrected chi connectivity index (χ4v) is 3.45. The summed E-state index contributed by atoms with van der Waals surface area (Å²) in [4.78, 5) is 24.6. The molecule has 7 heteroatoms. The van der Waals surface area contributed by atoms with Gasteiger partial charge in [-0.2, -0.15) is 5.10 Å². The Hall–Kier alpha value is -2.93. The van der Waals surface area contributed by atoms with Gasteiger partial charge in [-0.1, -0.05) is 40.2 Å².